The number of benzene rings is 4. The van der Waals surface area contributed by atoms with Crippen molar-refractivity contribution in [3.63, 3.8) is 0 Å². The predicted octanol–water partition coefficient (Wildman–Crippen LogP) is 8.02. The molecule has 0 saturated carbocycles. The molecule has 0 amide bonds. The second-order valence-electron chi connectivity index (χ2n) is 13.1. The molecule has 1 atom stereocenters. The topological polar surface area (TPSA) is 196 Å². The predicted molar refractivity (Wildman–Crippen MR) is 220 cm³/mol. The fourth-order valence-corrected chi connectivity index (χ4v) is 7.70. The number of hydrogen-bond donors (Lipinski definition) is 7. The molecule has 2 aliphatic heterocycles. The zero-order valence-corrected chi connectivity index (χ0v) is 31.7. The summed E-state index contributed by atoms with van der Waals surface area (Å²) in [6.07, 6.45) is 6.77. The molecule has 0 saturated heterocycles. The molecule has 57 heavy (non-hydrogen) atoms. The van der Waals surface area contributed by atoms with Crippen molar-refractivity contribution in [3.05, 3.63) is 120 Å². The van der Waals surface area contributed by atoms with E-state index in [2.05, 4.69) is 9.24 Å². The molecule has 1 unspecified atom stereocenters. The average Bonchev–Trinajstić information content (AvgIpc) is 4.00. The van der Waals surface area contributed by atoms with E-state index in [1.807, 2.05) is 6.07 Å². The Morgan fingerprint density at radius 1 is 0.333 bits per heavy atom. The number of rotatable bonds is 4. The van der Waals surface area contributed by atoms with Crippen LogP contribution >= 0.6 is 9.24 Å². The molecule has 9 rings (SSSR count). The third-order valence-corrected chi connectivity index (χ3v) is 10.2. The van der Waals surface area contributed by atoms with Gasteiger partial charge in [0, 0.05) is 22.3 Å². The van der Waals surface area contributed by atoms with Crippen LogP contribution in [0.15, 0.2) is 97.1 Å². The molecule has 2 aliphatic rings. The largest absolute Gasteiger partial charge is 2.00 e. The average molecular weight is 813 g/mol. The van der Waals surface area contributed by atoms with Gasteiger partial charge >= 0.3 is 17.1 Å². The van der Waals surface area contributed by atoms with E-state index in [9.17, 15) is 35.7 Å². The van der Waals surface area contributed by atoms with Crippen molar-refractivity contribution < 1.29 is 52.8 Å². The molecule has 13 heteroatoms. The van der Waals surface area contributed by atoms with Gasteiger partial charge in [-0.05, 0) is 77.6 Å². The molecule has 7 aromatic rings. The fraction of sp³-hybridized carbons (Fsp3) is 0. The van der Waals surface area contributed by atoms with E-state index in [0.29, 0.717) is 38.9 Å². The molecule has 3 aromatic heterocycles. The Morgan fingerprint density at radius 2 is 0.579 bits per heavy atom. The van der Waals surface area contributed by atoms with Crippen LogP contribution < -0.4 is 15.3 Å². The fourth-order valence-electron chi connectivity index (χ4n) is 7.30. The van der Waals surface area contributed by atoms with E-state index < -0.39 is 0 Å². The smallest absolute Gasteiger partial charge is 0.657 e. The van der Waals surface area contributed by atoms with Gasteiger partial charge in [-0.1, -0.05) is 54.6 Å². The minimum atomic E-state index is -0.251. The van der Waals surface area contributed by atoms with Crippen LogP contribution in [0.4, 0.5) is 0 Å². The summed E-state index contributed by atoms with van der Waals surface area (Å²) in [5, 5.41) is 79.2. The van der Waals surface area contributed by atoms with Crippen LogP contribution in [-0.2, 0) is 17.1 Å². The number of aromatic hydroxyl groups is 7. The monoisotopic (exact) mass is 812 g/mol. The maximum Gasteiger partial charge on any atom is 2.00 e. The summed E-state index contributed by atoms with van der Waals surface area (Å²) >= 11 is 0. The van der Waals surface area contributed by atoms with Crippen molar-refractivity contribution in [1.82, 2.24) is 19.9 Å². The molecular weight excluding hydrogens is 783 g/mol. The Bertz CT molecular complexity index is 2570. The van der Waals surface area contributed by atoms with Crippen LogP contribution in [0.1, 0.15) is 22.8 Å². The first-order valence-electron chi connectivity index (χ1n) is 17.3. The third-order valence-electron chi connectivity index (χ3n) is 9.75. The minimum absolute atomic E-state index is 0. The van der Waals surface area contributed by atoms with Crippen molar-refractivity contribution in [2.45, 2.75) is 0 Å². The molecule has 5 heterocycles. The van der Waals surface area contributed by atoms with Gasteiger partial charge in [0.1, 0.15) is 40.2 Å². The van der Waals surface area contributed by atoms with Gasteiger partial charge in [-0.25, -0.2) is 9.97 Å². The summed E-state index contributed by atoms with van der Waals surface area (Å²) in [5.74, 6) is -1.47. The maximum atomic E-state index is 11.3. The van der Waals surface area contributed by atoms with E-state index in [4.69, 9.17) is 19.9 Å². The minimum Gasteiger partial charge on any atom is -0.657 e. The van der Waals surface area contributed by atoms with E-state index in [0.717, 1.165) is 0 Å². The molecule has 7 N–H and O–H groups in total. The van der Waals surface area contributed by atoms with Crippen molar-refractivity contribution >= 4 is 60.9 Å². The molecule has 8 bridgehead atoms. The number of phenols is 7. The van der Waals surface area contributed by atoms with Crippen LogP contribution in [0, 0.1) is 0 Å². The van der Waals surface area contributed by atoms with Crippen molar-refractivity contribution in [3.8, 4) is 84.8 Å². The van der Waals surface area contributed by atoms with Crippen LogP contribution in [0.2, 0.25) is 0 Å². The molecular formula is C44H29FeN4O7P. The van der Waals surface area contributed by atoms with Crippen LogP contribution in [0.3, 0.4) is 0 Å². The zero-order valence-electron chi connectivity index (χ0n) is 29.4. The standard InChI is InChI=1S/C44H29N4O7P.Fe/c49-29-5-1-6-30(50)41(29)37-21-13-15-23(45-21)38(42-31(51)7-2-8-32(42)52)25-17-19-27(47-25)40(44-35(55)11-4-12-36(44)56)28-20-18-26(48-28)39(24-16-14-22(37)46-24)43-33(53)9-3-10-34(43)54;/h1-20H,56H2,(H7-2,45,46,47,48,49,50,51,52,53,54,55);/q-2;+2. The van der Waals surface area contributed by atoms with E-state index in [-0.39, 0.29) is 113 Å². The van der Waals surface area contributed by atoms with Crippen molar-refractivity contribution in [2.24, 2.45) is 0 Å². The van der Waals surface area contributed by atoms with E-state index in [1.54, 1.807) is 60.7 Å². The van der Waals surface area contributed by atoms with E-state index in [1.165, 1.54) is 54.6 Å². The summed E-state index contributed by atoms with van der Waals surface area (Å²) in [4.78, 5) is 20.0. The second kappa shape index (κ2) is 14.3. The van der Waals surface area contributed by atoms with Gasteiger partial charge in [0.25, 0.3) is 0 Å². The van der Waals surface area contributed by atoms with Crippen LogP contribution in [0.5, 0.6) is 40.2 Å². The molecule has 0 radical (unpaired) electrons. The first-order chi connectivity index (χ1) is 27.1. The quantitative estimate of drug-likeness (QED) is 0.0672. The van der Waals surface area contributed by atoms with E-state index >= 15 is 0 Å². The Labute approximate surface area is 337 Å². The normalized spacial score (nSPS) is 11.8. The number of hydrogen-bond acceptors (Lipinski definition) is 9. The summed E-state index contributed by atoms with van der Waals surface area (Å²) < 4.78 is 0. The van der Waals surface area contributed by atoms with Crippen LogP contribution in [-0.4, -0.2) is 45.7 Å². The summed E-state index contributed by atoms with van der Waals surface area (Å²) in [5.41, 5.74) is 4.30. The SMILES string of the molecule is Oc1cccc(O)c1-c1c2nc(c(-c3c(O)cccc3O)c3ccc([n-]3)c(-c3c(O)cccc3P)c3nc(c(-c4c(O)cccc4O)c4ccc1[n-]4)C=C3)C=C2.[Fe+2]. The Kier molecular flexibility index (Phi) is 9.26. The molecule has 0 fully saturated rings. The summed E-state index contributed by atoms with van der Waals surface area (Å²) in [6.45, 7) is 0. The number of phenolic OH excluding ortho intramolecular Hbond substituents is 7. The molecule has 280 valence electrons. The molecule has 0 spiro atoms. The van der Waals surface area contributed by atoms with Gasteiger partial charge in [-0.3, -0.25) is 0 Å². The first kappa shape index (κ1) is 37.0. The number of fused-ring (bicyclic) bond motifs is 8. The Hall–Kier alpha value is -6.97. The van der Waals surface area contributed by atoms with Gasteiger partial charge in [-0.2, -0.15) is 0 Å². The first-order valence-corrected chi connectivity index (χ1v) is 17.8. The van der Waals surface area contributed by atoms with Gasteiger partial charge in [0.05, 0.1) is 39.5 Å². The van der Waals surface area contributed by atoms with Gasteiger partial charge in [0.15, 0.2) is 0 Å². The summed E-state index contributed by atoms with van der Waals surface area (Å²) in [6, 6.07) is 25.0. The second-order valence-corrected chi connectivity index (χ2v) is 13.7. The molecule has 4 aromatic carbocycles. The van der Waals surface area contributed by atoms with Crippen molar-refractivity contribution in [2.75, 3.05) is 0 Å². The van der Waals surface area contributed by atoms with Gasteiger partial charge < -0.3 is 45.7 Å². The van der Waals surface area contributed by atoms with Crippen molar-refractivity contribution in [1.29, 1.82) is 0 Å². The number of aromatic nitrogens is 4. The third kappa shape index (κ3) is 6.13. The van der Waals surface area contributed by atoms with Gasteiger partial charge in [-0.15, -0.1) is 31.3 Å². The summed E-state index contributed by atoms with van der Waals surface area (Å²) in [7, 11) is 2.63. The van der Waals surface area contributed by atoms with Gasteiger partial charge in [0.2, 0.25) is 0 Å². The zero-order chi connectivity index (χ0) is 38.8. The maximum absolute atomic E-state index is 11.3. The molecule has 0 aliphatic carbocycles. The Morgan fingerprint density at radius 3 is 0.860 bits per heavy atom. The number of nitrogens with zero attached hydrogens (tertiary/aromatic N) is 4. The Balaban J connectivity index is 0.00000455. The molecule has 11 nitrogen and oxygen atoms in total. The van der Waals surface area contributed by atoms with Crippen LogP contribution in [0.25, 0.3) is 90.9 Å².